The number of rotatable bonds is 3. The van der Waals surface area contributed by atoms with Gasteiger partial charge in [-0.1, -0.05) is 61.7 Å². The minimum absolute atomic E-state index is 0.114. The molecule has 0 radical (unpaired) electrons. The van der Waals surface area contributed by atoms with Gasteiger partial charge in [0.2, 0.25) is 0 Å². The van der Waals surface area contributed by atoms with Crippen LogP contribution in [0.5, 0.6) is 5.75 Å². The SMILES string of the molecule is COc1ccc(C(Br)c2ccc(Br)c(C)c2)cc1Cl. The van der Waals surface area contributed by atoms with E-state index in [-0.39, 0.29) is 4.83 Å². The van der Waals surface area contributed by atoms with Gasteiger partial charge in [-0.3, -0.25) is 0 Å². The first-order valence-electron chi connectivity index (χ1n) is 5.76. The van der Waals surface area contributed by atoms with Crippen molar-refractivity contribution in [2.45, 2.75) is 11.8 Å². The molecule has 19 heavy (non-hydrogen) atoms. The number of halogens is 3. The summed E-state index contributed by atoms with van der Waals surface area (Å²) in [5.74, 6) is 0.692. The molecule has 1 unspecified atom stereocenters. The van der Waals surface area contributed by atoms with E-state index in [4.69, 9.17) is 16.3 Å². The highest BCUT2D eigenvalue weighted by Gasteiger charge is 2.13. The van der Waals surface area contributed by atoms with E-state index in [1.165, 1.54) is 11.1 Å². The van der Waals surface area contributed by atoms with Crippen molar-refractivity contribution in [1.82, 2.24) is 0 Å². The first-order valence-corrected chi connectivity index (χ1v) is 7.85. The van der Waals surface area contributed by atoms with Crippen molar-refractivity contribution in [1.29, 1.82) is 0 Å². The average molecular weight is 405 g/mol. The van der Waals surface area contributed by atoms with E-state index in [9.17, 15) is 0 Å². The fourth-order valence-corrected chi connectivity index (χ4v) is 2.94. The summed E-state index contributed by atoms with van der Waals surface area (Å²) in [7, 11) is 1.62. The van der Waals surface area contributed by atoms with Crippen LogP contribution in [0.1, 0.15) is 21.5 Å². The van der Waals surface area contributed by atoms with Gasteiger partial charge in [0.25, 0.3) is 0 Å². The van der Waals surface area contributed by atoms with E-state index < -0.39 is 0 Å². The Labute approximate surface area is 135 Å². The summed E-state index contributed by atoms with van der Waals surface area (Å²) in [6.45, 7) is 2.08. The van der Waals surface area contributed by atoms with Gasteiger partial charge in [-0.2, -0.15) is 0 Å². The summed E-state index contributed by atoms with van der Waals surface area (Å²) in [6.07, 6.45) is 0. The molecule has 0 fully saturated rings. The van der Waals surface area contributed by atoms with Gasteiger partial charge >= 0.3 is 0 Å². The van der Waals surface area contributed by atoms with Crippen molar-refractivity contribution in [3.05, 3.63) is 62.6 Å². The molecular formula is C15H13Br2ClO. The smallest absolute Gasteiger partial charge is 0.137 e. The van der Waals surface area contributed by atoms with Crippen LogP contribution in [-0.2, 0) is 0 Å². The zero-order valence-electron chi connectivity index (χ0n) is 10.6. The monoisotopic (exact) mass is 402 g/mol. The first kappa shape index (κ1) is 14.9. The molecule has 0 bridgehead atoms. The third-order valence-electron chi connectivity index (χ3n) is 2.94. The third kappa shape index (κ3) is 3.33. The summed E-state index contributed by atoms with van der Waals surface area (Å²) in [6, 6.07) is 12.1. The number of alkyl halides is 1. The van der Waals surface area contributed by atoms with Gasteiger partial charge < -0.3 is 4.74 Å². The molecule has 0 aliphatic rings. The molecular weight excluding hydrogens is 391 g/mol. The fraction of sp³-hybridized carbons (Fsp3) is 0.200. The Bertz CT molecular complexity index is 599. The van der Waals surface area contributed by atoms with Crippen LogP contribution in [-0.4, -0.2) is 7.11 Å². The fourth-order valence-electron chi connectivity index (χ4n) is 1.86. The summed E-state index contributed by atoms with van der Waals surface area (Å²) in [5, 5.41) is 0.623. The number of ether oxygens (including phenoxy) is 1. The van der Waals surface area contributed by atoms with E-state index in [2.05, 4.69) is 57.0 Å². The molecule has 1 atom stereocenters. The maximum Gasteiger partial charge on any atom is 0.137 e. The van der Waals surface area contributed by atoms with Gasteiger partial charge in [0.05, 0.1) is 17.0 Å². The maximum atomic E-state index is 6.16. The number of methoxy groups -OCH3 is 1. The van der Waals surface area contributed by atoms with Gasteiger partial charge in [-0.15, -0.1) is 0 Å². The van der Waals surface area contributed by atoms with Gasteiger partial charge in [0.15, 0.2) is 0 Å². The molecule has 0 aliphatic heterocycles. The van der Waals surface area contributed by atoms with Crippen LogP contribution in [0.15, 0.2) is 40.9 Å². The van der Waals surface area contributed by atoms with Gasteiger partial charge in [-0.25, -0.2) is 0 Å². The van der Waals surface area contributed by atoms with Gasteiger partial charge in [0.1, 0.15) is 5.75 Å². The Kier molecular flexibility index (Phi) is 4.93. The molecule has 0 saturated carbocycles. The van der Waals surface area contributed by atoms with Gasteiger partial charge in [-0.05, 0) is 41.8 Å². The molecule has 2 aromatic rings. The Hall–Kier alpha value is -0.510. The summed E-state index contributed by atoms with van der Waals surface area (Å²) in [4.78, 5) is 0.114. The second-order valence-corrected chi connectivity index (χ2v) is 6.44. The Morgan fingerprint density at radius 2 is 1.74 bits per heavy atom. The van der Waals surface area contributed by atoms with Crippen molar-refractivity contribution >= 4 is 43.5 Å². The second kappa shape index (κ2) is 6.29. The predicted octanol–water partition coefficient (Wildman–Crippen LogP) is 5.90. The molecule has 4 heteroatoms. The highest BCUT2D eigenvalue weighted by molar-refractivity contribution is 9.10. The minimum atomic E-state index is 0.114. The molecule has 0 aliphatic carbocycles. The lowest BCUT2D eigenvalue weighted by Crippen LogP contribution is -1.95. The second-order valence-electron chi connectivity index (χ2n) is 4.27. The standard InChI is InChI=1S/C15H13Br2ClO/c1-9-7-10(3-5-12(9)16)15(17)11-4-6-14(19-2)13(18)8-11/h3-8,15H,1-2H3. The molecule has 0 aromatic heterocycles. The molecule has 2 aromatic carbocycles. The largest absolute Gasteiger partial charge is 0.495 e. The number of benzene rings is 2. The summed E-state index contributed by atoms with van der Waals surface area (Å²) < 4.78 is 6.28. The molecule has 100 valence electrons. The zero-order chi connectivity index (χ0) is 14.0. The molecule has 2 rings (SSSR count). The summed E-state index contributed by atoms with van der Waals surface area (Å²) in [5.41, 5.74) is 3.51. The van der Waals surface area contributed by atoms with E-state index in [0.29, 0.717) is 10.8 Å². The lowest BCUT2D eigenvalue weighted by molar-refractivity contribution is 0.415. The average Bonchev–Trinajstić information content (AvgIpc) is 2.41. The molecule has 0 N–H and O–H groups in total. The predicted molar refractivity (Wildman–Crippen MR) is 87.7 cm³/mol. The summed E-state index contributed by atoms with van der Waals surface area (Å²) >= 11 is 13.4. The topological polar surface area (TPSA) is 9.23 Å². The highest BCUT2D eigenvalue weighted by Crippen LogP contribution is 2.36. The van der Waals surface area contributed by atoms with Crippen molar-refractivity contribution < 1.29 is 4.74 Å². The van der Waals surface area contributed by atoms with Crippen molar-refractivity contribution in [3.63, 3.8) is 0 Å². The highest BCUT2D eigenvalue weighted by atomic mass is 79.9. The lowest BCUT2D eigenvalue weighted by atomic mass is 10.0. The van der Waals surface area contributed by atoms with Crippen LogP contribution < -0.4 is 4.74 Å². The van der Waals surface area contributed by atoms with Crippen LogP contribution in [0.3, 0.4) is 0 Å². The Morgan fingerprint density at radius 1 is 1.11 bits per heavy atom. The van der Waals surface area contributed by atoms with Crippen LogP contribution >= 0.6 is 43.5 Å². The van der Waals surface area contributed by atoms with Crippen molar-refractivity contribution in [3.8, 4) is 5.75 Å². The normalized spacial score (nSPS) is 12.3. The minimum Gasteiger partial charge on any atom is -0.495 e. The zero-order valence-corrected chi connectivity index (χ0v) is 14.5. The first-order chi connectivity index (χ1) is 9.02. The lowest BCUT2D eigenvalue weighted by Gasteiger charge is -2.13. The van der Waals surface area contributed by atoms with E-state index in [0.717, 1.165) is 10.0 Å². The molecule has 0 heterocycles. The van der Waals surface area contributed by atoms with E-state index in [1.54, 1.807) is 7.11 Å². The maximum absolute atomic E-state index is 6.16. The van der Waals surface area contributed by atoms with Gasteiger partial charge in [0, 0.05) is 4.47 Å². The Balaban J connectivity index is 2.35. The number of aryl methyl sites for hydroxylation is 1. The number of hydrogen-bond donors (Lipinski definition) is 0. The van der Waals surface area contributed by atoms with Crippen LogP contribution in [0.2, 0.25) is 5.02 Å². The quantitative estimate of drug-likeness (QED) is 0.579. The van der Waals surface area contributed by atoms with Crippen molar-refractivity contribution in [2.24, 2.45) is 0 Å². The molecule has 0 spiro atoms. The molecule has 0 amide bonds. The van der Waals surface area contributed by atoms with E-state index in [1.807, 2.05) is 18.2 Å². The van der Waals surface area contributed by atoms with Crippen LogP contribution in [0, 0.1) is 6.92 Å². The molecule has 0 saturated heterocycles. The number of hydrogen-bond acceptors (Lipinski definition) is 1. The third-order valence-corrected chi connectivity index (χ3v) is 5.19. The van der Waals surface area contributed by atoms with Crippen molar-refractivity contribution in [2.75, 3.05) is 7.11 Å². The van der Waals surface area contributed by atoms with Crippen LogP contribution in [0.4, 0.5) is 0 Å². The Morgan fingerprint density at radius 3 is 2.32 bits per heavy atom. The van der Waals surface area contributed by atoms with E-state index >= 15 is 0 Å². The molecule has 1 nitrogen and oxygen atoms in total. The van der Waals surface area contributed by atoms with Crippen LogP contribution in [0.25, 0.3) is 0 Å².